The highest BCUT2D eigenvalue weighted by Gasteiger charge is 2.13. The summed E-state index contributed by atoms with van der Waals surface area (Å²) < 4.78 is 29.0. The van der Waals surface area contributed by atoms with Gasteiger partial charge in [0.15, 0.2) is 0 Å². The number of hydrogen-bond acceptors (Lipinski definition) is 3. The fourth-order valence-corrected chi connectivity index (χ4v) is 1.82. The van der Waals surface area contributed by atoms with Crippen molar-refractivity contribution in [2.45, 2.75) is 20.5 Å². The third-order valence-electron chi connectivity index (χ3n) is 2.69. The fraction of sp³-hybridized carbons (Fsp3) is 0.400. The van der Waals surface area contributed by atoms with Crippen LogP contribution in [-0.4, -0.2) is 37.1 Å². The quantitative estimate of drug-likeness (QED) is 0.750. The van der Waals surface area contributed by atoms with Crippen molar-refractivity contribution in [2.24, 2.45) is 0 Å². The number of rotatable bonds is 8. The van der Waals surface area contributed by atoms with Crippen molar-refractivity contribution in [3.8, 4) is 5.75 Å². The number of anilines is 1. The molecule has 4 nitrogen and oxygen atoms in total. The largest absolute Gasteiger partial charge is 0.433 e. The van der Waals surface area contributed by atoms with E-state index >= 15 is 0 Å². The van der Waals surface area contributed by atoms with Crippen LogP contribution in [-0.2, 0) is 4.79 Å². The molecule has 0 aliphatic carbocycles. The summed E-state index contributed by atoms with van der Waals surface area (Å²) in [6.45, 7) is 6.15. The molecule has 0 saturated heterocycles. The van der Waals surface area contributed by atoms with Gasteiger partial charge in [0.2, 0.25) is 5.91 Å². The summed E-state index contributed by atoms with van der Waals surface area (Å²) in [6.07, 6.45) is 0. The van der Waals surface area contributed by atoms with Gasteiger partial charge in [0.05, 0.1) is 12.2 Å². The van der Waals surface area contributed by atoms with Crippen LogP contribution >= 0.6 is 0 Å². The summed E-state index contributed by atoms with van der Waals surface area (Å²) in [5, 5.41) is 2.59. The minimum Gasteiger partial charge on any atom is -0.433 e. The zero-order valence-corrected chi connectivity index (χ0v) is 12.2. The lowest BCUT2D eigenvalue weighted by molar-refractivity contribution is -0.117. The first kappa shape index (κ1) is 17.1. The summed E-state index contributed by atoms with van der Waals surface area (Å²) in [5.41, 5.74) is 1.18. The molecular weight excluding hydrogens is 278 g/mol. The molecule has 116 valence electrons. The van der Waals surface area contributed by atoms with E-state index < -0.39 is 6.61 Å². The van der Waals surface area contributed by atoms with Gasteiger partial charge in [0.25, 0.3) is 0 Å². The molecule has 1 rings (SSSR count). The molecule has 1 aromatic rings. The molecule has 1 amide bonds. The summed E-state index contributed by atoms with van der Waals surface area (Å²) in [5.74, 6) is -0.341. The standard InChI is InChI=1S/C15H20F2N2O2/c1-4-19(9-11(2)3)10-14(20)18-12-7-5-6-8-13(12)21-15(16)17/h5-8,15H,2,4,9-10H2,1,3H3,(H,18,20). The third kappa shape index (κ3) is 6.35. The monoisotopic (exact) mass is 298 g/mol. The average Bonchev–Trinajstić information content (AvgIpc) is 2.39. The van der Waals surface area contributed by atoms with E-state index in [9.17, 15) is 13.6 Å². The van der Waals surface area contributed by atoms with Crippen LogP contribution in [0.2, 0.25) is 0 Å². The normalized spacial score (nSPS) is 10.8. The van der Waals surface area contributed by atoms with Crippen LogP contribution in [0.1, 0.15) is 13.8 Å². The number of hydrogen-bond donors (Lipinski definition) is 1. The number of amides is 1. The molecule has 0 atom stereocenters. The summed E-state index contributed by atoms with van der Waals surface area (Å²) in [4.78, 5) is 13.9. The molecule has 0 unspecified atom stereocenters. The van der Waals surface area contributed by atoms with Crippen LogP contribution in [0.5, 0.6) is 5.75 Å². The molecule has 0 fully saturated rings. The molecule has 0 aliphatic heterocycles. The van der Waals surface area contributed by atoms with Gasteiger partial charge >= 0.3 is 6.61 Å². The van der Waals surface area contributed by atoms with Crippen molar-refractivity contribution in [3.63, 3.8) is 0 Å². The molecule has 0 spiro atoms. The first-order chi connectivity index (χ1) is 9.92. The molecule has 0 aliphatic rings. The minimum absolute atomic E-state index is 0.0520. The number of benzene rings is 1. The smallest absolute Gasteiger partial charge is 0.387 e. The lowest BCUT2D eigenvalue weighted by Crippen LogP contribution is -2.34. The van der Waals surface area contributed by atoms with E-state index in [2.05, 4.69) is 16.6 Å². The van der Waals surface area contributed by atoms with Crippen LogP contribution in [0.15, 0.2) is 36.4 Å². The molecule has 1 N–H and O–H groups in total. The summed E-state index contributed by atoms with van der Waals surface area (Å²) in [6, 6.07) is 6.10. The van der Waals surface area contributed by atoms with Gasteiger partial charge in [-0.15, -0.1) is 0 Å². The first-order valence-corrected chi connectivity index (χ1v) is 6.62. The highest BCUT2D eigenvalue weighted by molar-refractivity contribution is 5.93. The lowest BCUT2D eigenvalue weighted by Gasteiger charge is -2.20. The molecule has 1 aromatic carbocycles. The van der Waals surface area contributed by atoms with E-state index in [-0.39, 0.29) is 23.9 Å². The number of alkyl halides is 2. The summed E-state index contributed by atoms with van der Waals surface area (Å²) in [7, 11) is 0. The van der Waals surface area contributed by atoms with Gasteiger partial charge in [-0.25, -0.2) is 0 Å². The Labute approximate surface area is 123 Å². The van der Waals surface area contributed by atoms with Gasteiger partial charge in [-0.05, 0) is 25.6 Å². The maximum atomic E-state index is 12.3. The Balaban J connectivity index is 2.68. The third-order valence-corrected chi connectivity index (χ3v) is 2.69. The van der Waals surface area contributed by atoms with Gasteiger partial charge in [-0.1, -0.05) is 31.2 Å². The minimum atomic E-state index is -2.93. The van der Waals surface area contributed by atoms with Gasteiger partial charge in [-0.2, -0.15) is 8.78 Å². The Kier molecular flexibility index (Phi) is 6.81. The number of nitrogens with one attached hydrogen (secondary N) is 1. The van der Waals surface area contributed by atoms with E-state index in [1.807, 2.05) is 18.7 Å². The molecule has 0 bridgehead atoms. The van der Waals surface area contributed by atoms with E-state index in [1.165, 1.54) is 12.1 Å². The maximum Gasteiger partial charge on any atom is 0.387 e. The number of nitrogens with zero attached hydrogens (tertiary/aromatic N) is 1. The summed E-state index contributed by atoms with van der Waals surface area (Å²) >= 11 is 0. The first-order valence-electron chi connectivity index (χ1n) is 6.62. The van der Waals surface area contributed by atoms with Crippen LogP contribution in [0.25, 0.3) is 0 Å². The van der Waals surface area contributed by atoms with Crippen LogP contribution < -0.4 is 10.1 Å². The number of halogens is 2. The second-order valence-corrected chi connectivity index (χ2v) is 4.68. The number of carbonyl (C=O) groups excluding carboxylic acids is 1. The predicted molar refractivity (Wildman–Crippen MR) is 78.6 cm³/mol. The van der Waals surface area contributed by atoms with Crippen molar-refractivity contribution in [2.75, 3.05) is 25.0 Å². The van der Waals surface area contributed by atoms with Crippen molar-refractivity contribution < 1.29 is 18.3 Å². The predicted octanol–water partition coefficient (Wildman–Crippen LogP) is 3.12. The molecule has 0 aromatic heterocycles. The van der Waals surface area contributed by atoms with Crippen LogP contribution in [0.4, 0.5) is 14.5 Å². The zero-order chi connectivity index (χ0) is 15.8. The fourth-order valence-electron chi connectivity index (χ4n) is 1.82. The second kappa shape index (κ2) is 8.36. The second-order valence-electron chi connectivity index (χ2n) is 4.68. The van der Waals surface area contributed by atoms with Crippen molar-refractivity contribution >= 4 is 11.6 Å². The Bertz CT molecular complexity index is 492. The van der Waals surface area contributed by atoms with Gasteiger partial charge in [0.1, 0.15) is 5.75 Å². The number of para-hydroxylation sites is 2. The molecule has 6 heteroatoms. The van der Waals surface area contributed by atoms with E-state index in [1.54, 1.807) is 12.1 Å². The SMILES string of the molecule is C=C(C)CN(CC)CC(=O)Nc1ccccc1OC(F)F. The average molecular weight is 298 g/mol. The van der Waals surface area contributed by atoms with Crippen LogP contribution in [0.3, 0.4) is 0 Å². The molecule has 21 heavy (non-hydrogen) atoms. The number of carbonyl (C=O) groups is 1. The topological polar surface area (TPSA) is 41.6 Å². The van der Waals surface area contributed by atoms with Gasteiger partial charge in [0, 0.05) is 6.54 Å². The van der Waals surface area contributed by atoms with E-state index in [0.29, 0.717) is 13.1 Å². The Hall–Kier alpha value is -1.95. The van der Waals surface area contributed by atoms with Gasteiger partial charge < -0.3 is 10.1 Å². The highest BCUT2D eigenvalue weighted by Crippen LogP contribution is 2.25. The Morgan fingerprint density at radius 1 is 1.38 bits per heavy atom. The highest BCUT2D eigenvalue weighted by atomic mass is 19.3. The van der Waals surface area contributed by atoms with E-state index in [0.717, 1.165) is 5.57 Å². The zero-order valence-electron chi connectivity index (χ0n) is 12.2. The number of ether oxygens (including phenoxy) is 1. The maximum absolute atomic E-state index is 12.3. The Morgan fingerprint density at radius 2 is 2.05 bits per heavy atom. The van der Waals surface area contributed by atoms with Crippen molar-refractivity contribution in [1.82, 2.24) is 4.90 Å². The lowest BCUT2D eigenvalue weighted by atomic mass is 10.3. The van der Waals surface area contributed by atoms with Crippen LogP contribution in [0, 0.1) is 0 Å². The molecular formula is C15H20F2N2O2. The van der Waals surface area contributed by atoms with Gasteiger partial charge in [-0.3, -0.25) is 9.69 Å². The number of likely N-dealkylation sites (N-methyl/N-ethyl adjacent to an activating group) is 1. The van der Waals surface area contributed by atoms with Crippen molar-refractivity contribution in [3.05, 3.63) is 36.4 Å². The van der Waals surface area contributed by atoms with E-state index in [4.69, 9.17) is 0 Å². The van der Waals surface area contributed by atoms with Crippen molar-refractivity contribution in [1.29, 1.82) is 0 Å². The molecule has 0 saturated carbocycles. The Morgan fingerprint density at radius 3 is 2.62 bits per heavy atom. The molecule has 0 radical (unpaired) electrons. The molecule has 0 heterocycles.